The molecule has 0 aliphatic rings. The number of hydrogen-bond acceptors (Lipinski definition) is 4. The second-order valence-corrected chi connectivity index (χ2v) is 4.76. The van der Waals surface area contributed by atoms with Crippen molar-refractivity contribution in [2.24, 2.45) is 4.99 Å². The summed E-state index contributed by atoms with van der Waals surface area (Å²) in [4.78, 5) is 16.4. The molecule has 0 saturated carbocycles. The van der Waals surface area contributed by atoms with Crippen LogP contribution in [-0.4, -0.2) is 29.9 Å². The monoisotopic (exact) mass is 430 g/mol. The van der Waals surface area contributed by atoms with Crippen LogP contribution >= 0.6 is 24.0 Å². The van der Waals surface area contributed by atoms with Crippen LogP contribution in [0.2, 0.25) is 0 Å². The van der Waals surface area contributed by atoms with E-state index in [2.05, 4.69) is 10.3 Å². The summed E-state index contributed by atoms with van der Waals surface area (Å²) in [6, 6.07) is 10.2. The molecule has 7 nitrogen and oxygen atoms in total. The van der Waals surface area contributed by atoms with Crippen molar-refractivity contribution in [2.75, 3.05) is 14.1 Å². The van der Waals surface area contributed by atoms with Gasteiger partial charge >= 0.3 is 0 Å². The lowest BCUT2D eigenvalue weighted by Gasteiger charge is -2.21. The SMILES string of the molecule is CN=C(NCc1ccc([N+](=O)[O-])cc1)N(C)Cc1ccco1.I. The molecular formula is C15H19IN4O3. The Bertz CT molecular complexity index is 641. The molecule has 0 fully saturated rings. The lowest BCUT2D eigenvalue weighted by molar-refractivity contribution is -0.384. The van der Waals surface area contributed by atoms with E-state index in [4.69, 9.17) is 4.42 Å². The molecule has 1 N–H and O–H groups in total. The number of halogens is 1. The normalized spacial score (nSPS) is 10.8. The van der Waals surface area contributed by atoms with Crippen molar-refractivity contribution in [3.05, 3.63) is 64.1 Å². The van der Waals surface area contributed by atoms with Gasteiger partial charge in [-0.25, -0.2) is 0 Å². The van der Waals surface area contributed by atoms with E-state index in [1.54, 1.807) is 25.4 Å². The Kier molecular flexibility index (Phi) is 7.52. The van der Waals surface area contributed by atoms with E-state index in [9.17, 15) is 10.1 Å². The minimum absolute atomic E-state index is 0. The van der Waals surface area contributed by atoms with E-state index < -0.39 is 4.92 Å². The Morgan fingerprint density at radius 1 is 1.35 bits per heavy atom. The lowest BCUT2D eigenvalue weighted by Crippen LogP contribution is -2.37. The summed E-state index contributed by atoms with van der Waals surface area (Å²) in [5.74, 6) is 1.57. The zero-order valence-corrected chi connectivity index (χ0v) is 15.3. The van der Waals surface area contributed by atoms with Gasteiger partial charge in [-0.3, -0.25) is 15.1 Å². The summed E-state index contributed by atoms with van der Waals surface area (Å²) in [6.45, 7) is 1.14. The second kappa shape index (κ2) is 9.13. The summed E-state index contributed by atoms with van der Waals surface area (Å²) in [7, 11) is 3.62. The molecule has 0 saturated heterocycles. The van der Waals surface area contributed by atoms with Crippen molar-refractivity contribution in [3.63, 3.8) is 0 Å². The van der Waals surface area contributed by atoms with E-state index in [0.29, 0.717) is 13.1 Å². The van der Waals surface area contributed by atoms with Crippen molar-refractivity contribution < 1.29 is 9.34 Å². The molecule has 0 aliphatic heterocycles. The fourth-order valence-corrected chi connectivity index (χ4v) is 2.01. The third-order valence-electron chi connectivity index (χ3n) is 3.14. The Labute approximate surface area is 151 Å². The number of hydrogen-bond donors (Lipinski definition) is 1. The molecule has 2 rings (SSSR count). The van der Waals surface area contributed by atoms with Crippen LogP contribution < -0.4 is 5.32 Å². The van der Waals surface area contributed by atoms with Crippen LogP contribution in [0.1, 0.15) is 11.3 Å². The molecule has 0 amide bonds. The third-order valence-corrected chi connectivity index (χ3v) is 3.14. The highest BCUT2D eigenvalue weighted by Crippen LogP contribution is 2.12. The van der Waals surface area contributed by atoms with Gasteiger partial charge in [0.2, 0.25) is 0 Å². The smallest absolute Gasteiger partial charge is 0.269 e. The van der Waals surface area contributed by atoms with Crippen LogP contribution in [-0.2, 0) is 13.1 Å². The number of aliphatic imine (C=N–C) groups is 1. The Hall–Kier alpha value is -2.10. The molecular weight excluding hydrogens is 411 g/mol. The number of non-ortho nitro benzene ring substituents is 1. The van der Waals surface area contributed by atoms with Crippen LogP contribution in [0, 0.1) is 10.1 Å². The molecule has 1 aromatic carbocycles. The minimum atomic E-state index is -0.409. The summed E-state index contributed by atoms with van der Waals surface area (Å²) >= 11 is 0. The van der Waals surface area contributed by atoms with Gasteiger partial charge in [-0.1, -0.05) is 12.1 Å². The quantitative estimate of drug-likeness (QED) is 0.259. The molecule has 0 atom stereocenters. The molecule has 0 unspecified atom stereocenters. The highest BCUT2D eigenvalue weighted by atomic mass is 127. The van der Waals surface area contributed by atoms with Crippen molar-refractivity contribution >= 4 is 35.6 Å². The number of nitrogens with zero attached hydrogens (tertiary/aromatic N) is 3. The van der Waals surface area contributed by atoms with Crippen molar-refractivity contribution in [1.29, 1.82) is 0 Å². The van der Waals surface area contributed by atoms with Gasteiger partial charge in [0.25, 0.3) is 5.69 Å². The minimum Gasteiger partial charge on any atom is -0.467 e. The van der Waals surface area contributed by atoms with E-state index in [1.165, 1.54) is 12.1 Å². The van der Waals surface area contributed by atoms with Gasteiger partial charge in [0.05, 0.1) is 17.7 Å². The van der Waals surface area contributed by atoms with E-state index >= 15 is 0 Å². The van der Waals surface area contributed by atoms with Crippen LogP contribution in [0.15, 0.2) is 52.1 Å². The molecule has 124 valence electrons. The number of guanidine groups is 1. The number of benzene rings is 1. The summed E-state index contributed by atoms with van der Waals surface area (Å²) in [5.41, 5.74) is 1.03. The highest BCUT2D eigenvalue weighted by molar-refractivity contribution is 14.0. The maximum absolute atomic E-state index is 10.6. The van der Waals surface area contributed by atoms with Gasteiger partial charge in [0, 0.05) is 32.8 Å². The predicted octanol–water partition coefficient (Wildman–Crippen LogP) is 3.01. The molecule has 1 heterocycles. The summed E-state index contributed by atoms with van der Waals surface area (Å²) < 4.78 is 5.31. The number of nitro groups is 1. The first-order chi connectivity index (χ1) is 10.6. The molecule has 0 aliphatic carbocycles. The first-order valence-corrected chi connectivity index (χ1v) is 6.77. The average molecular weight is 430 g/mol. The fraction of sp³-hybridized carbons (Fsp3) is 0.267. The standard InChI is InChI=1S/C15H18N4O3.HI/c1-16-15(18(2)11-14-4-3-9-22-14)17-10-12-5-7-13(8-6-12)19(20)21;/h3-9H,10-11H2,1-2H3,(H,16,17);1H. The number of nitrogens with one attached hydrogen (secondary N) is 1. The van der Waals surface area contributed by atoms with Crippen LogP contribution in [0.25, 0.3) is 0 Å². The lowest BCUT2D eigenvalue weighted by atomic mass is 10.2. The number of nitro benzene ring substituents is 1. The van der Waals surface area contributed by atoms with Gasteiger partial charge in [-0.15, -0.1) is 24.0 Å². The van der Waals surface area contributed by atoms with Crippen LogP contribution in [0.5, 0.6) is 0 Å². The van der Waals surface area contributed by atoms with Crippen LogP contribution in [0.3, 0.4) is 0 Å². The van der Waals surface area contributed by atoms with E-state index in [1.807, 2.05) is 24.1 Å². The molecule has 0 bridgehead atoms. The molecule has 8 heteroatoms. The Morgan fingerprint density at radius 3 is 2.57 bits per heavy atom. The molecule has 23 heavy (non-hydrogen) atoms. The zero-order valence-electron chi connectivity index (χ0n) is 12.9. The fourth-order valence-electron chi connectivity index (χ4n) is 2.01. The number of furan rings is 1. The average Bonchev–Trinajstić information content (AvgIpc) is 3.01. The van der Waals surface area contributed by atoms with Gasteiger partial charge in [0.1, 0.15) is 5.76 Å². The third kappa shape index (κ3) is 5.55. The maximum atomic E-state index is 10.6. The maximum Gasteiger partial charge on any atom is 0.269 e. The second-order valence-electron chi connectivity index (χ2n) is 4.76. The van der Waals surface area contributed by atoms with Gasteiger partial charge in [-0.05, 0) is 17.7 Å². The predicted molar refractivity (Wildman–Crippen MR) is 98.9 cm³/mol. The number of rotatable bonds is 5. The van der Waals surface area contributed by atoms with Gasteiger partial charge < -0.3 is 14.6 Å². The highest BCUT2D eigenvalue weighted by Gasteiger charge is 2.09. The largest absolute Gasteiger partial charge is 0.467 e. The van der Waals surface area contributed by atoms with Gasteiger partial charge in [-0.2, -0.15) is 0 Å². The van der Waals surface area contributed by atoms with Gasteiger partial charge in [0.15, 0.2) is 5.96 Å². The van der Waals surface area contributed by atoms with Crippen molar-refractivity contribution in [2.45, 2.75) is 13.1 Å². The Balaban J connectivity index is 0.00000264. The first kappa shape index (κ1) is 18.9. The van der Waals surface area contributed by atoms with E-state index in [0.717, 1.165) is 17.3 Å². The summed E-state index contributed by atoms with van der Waals surface area (Å²) in [5, 5.41) is 13.8. The first-order valence-electron chi connectivity index (χ1n) is 6.77. The molecule has 0 spiro atoms. The van der Waals surface area contributed by atoms with Crippen molar-refractivity contribution in [3.8, 4) is 0 Å². The molecule has 1 aromatic heterocycles. The molecule has 2 aromatic rings. The topological polar surface area (TPSA) is 83.9 Å². The van der Waals surface area contributed by atoms with Crippen LogP contribution in [0.4, 0.5) is 5.69 Å². The van der Waals surface area contributed by atoms with E-state index in [-0.39, 0.29) is 29.7 Å². The zero-order chi connectivity index (χ0) is 15.9. The van der Waals surface area contributed by atoms with Crippen molar-refractivity contribution in [1.82, 2.24) is 10.2 Å². The molecule has 0 radical (unpaired) electrons. The summed E-state index contributed by atoms with van der Waals surface area (Å²) in [6.07, 6.45) is 1.64. The Morgan fingerprint density at radius 2 is 2.04 bits per heavy atom.